The molecule has 0 aliphatic rings. The molecule has 0 radical (unpaired) electrons. The second kappa shape index (κ2) is 8.48. The molecule has 2 aromatic rings. The minimum absolute atomic E-state index is 0.161. The first-order chi connectivity index (χ1) is 12.0. The van der Waals surface area contributed by atoms with Crippen molar-refractivity contribution in [1.82, 2.24) is 5.32 Å². The fourth-order valence-electron chi connectivity index (χ4n) is 2.36. The summed E-state index contributed by atoms with van der Waals surface area (Å²) in [6, 6.07) is 13.3. The van der Waals surface area contributed by atoms with E-state index in [4.69, 9.17) is 0 Å². The van der Waals surface area contributed by atoms with Crippen molar-refractivity contribution in [1.29, 1.82) is 0 Å². The summed E-state index contributed by atoms with van der Waals surface area (Å²) in [6.07, 6.45) is 3.46. The normalized spacial score (nSPS) is 10.9. The molecule has 2 N–H and O–H groups in total. The topological polar surface area (TPSA) is 75.3 Å². The van der Waals surface area contributed by atoms with Crippen LogP contribution in [0.25, 0.3) is 0 Å². The van der Waals surface area contributed by atoms with Gasteiger partial charge in [-0.2, -0.15) is 0 Å². The van der Waals surface area contributed by atoms with Gasteiger partial charge < -0.3 is 5.32 Å². The van der Waals surface area contributed by atoms with Crippen LogP contribution in [0, 0.1) is 0 Å². The maximum Gasteiger partial charge on any atom is 0.261 e. The quantitative estimate of drug-likeness (QED) is 0.711. The maximum absolute atomic E-state index is 12.6. The Morgan fingerprint density at radius 1 is 1.12 bits per heavy atom. The summed E-state index contributed by atoms with van der Waals surface area (Å²) in [6.45, 7) is 5.92. The molecule has 0 fully saturated rings. The molecule has 0 saturated heterocycles. The molecule has 0 aromatic heterocycles. The van der Waals surface area contributed by atoms with Gasteiger partial charge in [-0.1, -0.05) is 43.7 Å². The largest absolute Gasteiger partial charge is 0.349 e. The van der Waals surface area contributed by atoms with Crippen LogP contribution in [0.3, 0.4) is 0 Å². The number of sulfonamides is 1. The minimum atomic E-state index is -3.77. The Morgan fingerprint density at radius 2 is 1.80 bits per heavy atom. The highest BCUT2D eigenvalue weighted by Crippen LogP contribution is 2.20. The lowest BCUT2D eigenvalue weighted by molar-refractivity contribution is 0.0959. The van der Waals surface area contributed by atoms with Gasteiger partial charge in [0.15, 0.2) is 0 Å². The Bertz CT molecular complexity index is 843. The molecular weight excluding hydrogens is 336 g/mol. The molecule has 132 valence electrons. The van der Waals surface area contributed by atoms with E-state index in [0.717, 1.165) is 18.4 Å². The van der Waals surface area contributed by atoms with E-state index in [2.05, 4.69) is 23.5 Å². The van der Waals surface area contributed by atoms with Crippen molar-refractivity contribution in [2.75, 3.05) is 11.3 Å². The summed E-state index contributed by atoms with van der Waals surface area (Å²) < 4.78 is 27.7. The van der Waals surface area contributed by atoms with Crippen LogP contribution in [-0.2, 0) is 16.4 Å². The molecule has 0 atom stereocenters. The van der Waals surface area contributed by atoms with E-state index in [1.54, 1.807) is 54.6 Å². The zero-order valence-electron chi connectivity index (χ0n) is 14.2. The number of nitrogens with one attached hydrogen (secondary N) is 2. The molecule has 0 heterocycles. The summed E-state index contributed by atoms with van der Waals surface area (Å²) in [5, 5.41) is 2.64. The summed E-state index contributed by atoms with van der Waals surface area (Å²) in [5.41, 5.74) is 1.59. The van der Waals surface area contributed by atoms with Gasteiger partial charge in [0.05, 0.1) is 16.1 Å². The molecule has 0 bridgehead atoms. The van der Waals surface area contributed by atoms with Crippen LogP contribution in [0.4, 0.5) is 5.69 Å². The Kier molecular flexibility index (Phi) is 6.36. The molecule has 0 unspecified atom stereocenters. The van der Waals surface area contributed by atoms with E-state index in [-0.39, 0.29) is 22.1 Å². The Labute approximate surface area is 148 Å². The first kappa shape index (κ1) is 18.7. The van der Waals surface area contributed by atoms with Gasteiger partial charge in [0.1, 0.15) is 0 Å². The van der Waals surface area contributed by atoms with Crippen LogP contribution in [0.2, 0.25) is 0 Å². The van der Waals surface area contributed by atoms with Crippen molar-refractivity contribution < 1.29 is 13.2 Å². The van der Waals surface area contributed by atoms with Gasteiger partial charge in [-0.15, -0.1) is 6.58 Å². The van der Waals surface area contributed by atoms with Crippen molar-refractivity contribution in [3.05, 3.63) is 72.3 Å². The second-order valence-corrected chi connectivity index (χ2v) is 7.23. The van der Waals surface area contributed by atoms with Crippen molar-refractivity contribution in [2.24, 2.45) is 0 Å². The summed E-state index contributed by atoms with van der Waals surface area (Å²) in [5.74, 6) is -0.364. The SMILES string of the molecule is C=CCNC(=O)c1ccccc1NS(=O)(=O)c1ccc(CCC)cc1. The smallest absolute Gasteiger partial charge is 0.261 e. The second-order valence-electron chi connectivity index (χ2n) is 5.54. The molecule has 0 aliphatic heterocycles. The summed E-state index contributed by atoms with van der Waals surface area (Å²) >= 11 is 0. The van der Waals surface area contributed by atoms with Crippen LogP contribution in [0.1, 0.15) is 29.3 Å². The number of amides is 1. The van der Waals surface area contributed by atoms with Crippen molar-refractivity contribution in [3.63, 3.8) is 0 Å². The molecule has 6 heteroatoms. The van der Waals surface area contributed by atoms with Gasteiger partial charge in [-0.05, 0) is 36.2 Å². The Balaban J connectivity index is 2.25. The average molecular weight is 358 g/mol. The lowest BCUT2D eigenvalue weighted by Gasteiger charge is -2.12. The molecule has 0 aliphatic carbocycles. The van der Waals surface area contributed by atoms with Gasteiger partial charge in [0.2, 0.25) is 0 Å². The molecule has 25 heavy (non-hydrogen) atoms. The molecule has 0 saturated carbocycles. The highest BCUT2D eigenvalue weighted by atomic mass is 32.2. The fourth-order valence-corrected chi connectivity index (χ4v) is 3.44. The monoisotopic (exact) mass is 358 g/mol. The number of para-hydroxylation sites is 1. The third-order valence-corrected chi connectivity index (χ3v) is 4.98. The highest BCUT2D eigenvalue weighted by Gasteiger charge is 2.18. The van der Waals surface area contributed by atoms with Gasteiger partial charge in [0.25, 0.3) is 15.9 Å². The number of anilines is 1. The number of aryl methyl sites for hydroxylation is 1. The average Bonchev–Trinajstić information content (AvgIpc) is 2.60. The first-order valence-corrected chi connectivity index (χ1v) is 9.56. The van der Waals surface area contributed by atoms with E-state index < -0.39 is 10.0 Å². The summed E-state index contributed by atoms with van der Waals surface area (Å²) in [7, 11) is -3.77. The van der Waals surface area contributed by atoms with Crippen LogP contribution in [-0.4, -0.2) is 20.9 Å². The molecule has 0 spiro atoms. The third-order valence-electron chi connectivity index (χ3n) is 3.60. The Hall–Kier alpha value is -2.60. The van der Waals surface area contributed by atoms with Gasteiger partial charge in [-0.25, -0.2) is 8.42 Å². The number of rotatable bonds is 8. The van der Waals surface area contributed by atoms with Crippen molar-refractivity contribution >= 4 is 21.6 Å². The van der Waals surface area contributed by atoms with E-state index >= 15 is 0 Å². The number of carbonyl (C=O) groups excluding carboxylic acids is 1. The number of hydrogen-bond donors (Lipinski definition) is 2. The zero-order chi connectivity index (χ0) is 18.3. The fraction of sp³-hybridized carbons (Fsp3) is 0.211. The predicted molar refractivity (Wildman–Crippen MR) is 100 cm³/mol. The molecular formula is C19H22N2O3S. The van der Waals surface area contributed by atoms with E-state index in [0.29, 0.717) is 6.54 Å². The van der Waals surface area contributed by atoms with Crippen molar-refractivity contribution in [3.8, 4) is 0 Å². The minimum Gasteiger partial charge on any atom is -0.349 e. The van der Waals surface area contributed by atoms with E-state index in [9.17, 15) is 13.2 Å². The highest BCUT2D eigenvalue weighted by molar-refractivity contribution is 7.92. The zero-order valence-corrected chi connectivity index (χ0v) is 15.0. The predicted octanol–water partition coefficient (Wildman–Crippen LogP) is 3.36. The number of carbonyl (C=O) groups is 1. The van der Waals surface area contributed by atoms with Gasteiger partial charge in [0, 0.05) is 6.54 Å². The molecule has 2 aromatic carbocycles. The maximum atomic E-state index is 12.6. The molecule has 1 amide bonds. The number of benzene rings is 2. The first-order valence-electron chi connectivity index (χ1n) is 8.08. The number of hydrogen-bond acceptors (Lipinski definition) is 3. The van der Waals surface area contributed by atoms with Crippen molar-refractivity contribution in [2.45, 2.75) is 24.7 Å². The van der Waals surface area contributed by atoms with E-state index in [1.807, 2.05) is 0 Å². The standard InChI is InChI=1S/C19H22N2O3S/c1-3-7-15-10-12-16(13-11-15)25(23,24)21-18-9-6-5-8-17(18)19(22)20-14-4-2/h4-6,8-13,21H,2-3,7,14H2,1H3,(H,20,22). The lowest BCUT2D eigenvalue weighted by Crippen LogP contribution is -2.25. The summed E-state index contributed by atoms with van der Waals surface area (Å²) in [4.78, 5) is 12.3. The van der Waals surface area contributed by atoms with Crippen LogP contribution >= 0.6 is 0 Å². The van der Waals surface area contributed by atoms with E-state index in [1.165, 1.54) is 0 Å². The lowest BCUT2D eigenvalue weighted by atomic mass is 10.1. The Morgan fingerprint density at radius 3 is 2.44 bits per heavy atom. The molecule has 2 rings (SSSR count). The van der Waals surface area contributed by atoms with Gasteiger partial charge >= 0.3 is 0 Å². The van der Waals surface area contributed by atoms with Crippen LogP contribution in [0.15, 0.2) is 66.1 Å². The van der Waals surface area contributed by atoms with Crippen LogP contribution in [0.5, 0.6) is 0 Å². The molecule has 5 nitrogen and oxygen atoms in total. The van der Waals surface area contributed by atoms with Gasteiger partial charge in [-0.3, -0.25) is 9.52 Å². The van der Waals surface area contributed by atoms with Crippen LogP contribution < -0.4 is 10.0 Å². The third kappa shape index (κ3) is 4.93.